The maximum absolute atomic E-state index is 12.4. The molecule has 0 aliphatic heterocycles. The molecule has 0 saturated heterocycles. The first-order chi connectivity index (χ1) is 12.1. The summed E-state index contributed by atoms with van der Waals surface area (Å²) >= 11 is 0. The van der Waals surface area contributed by atoms with E-state index in [-0.39, 0.29) is 18.0 Å². The maximum Gasteiger partial charge on any atom is 0.309 e. The quantitative estimate of drug-likeness (QED) is 0.529. The summed E-state index contributed by atoms with van der Waals surface area (Å²) in [6.07, 6.45) is 18.2. The summed E-state index contributed by atoms with van der Waals surface area (Å²) in [6, 6.07) is 0. The molecule has 2 heteroatoms. The van der Waals surface area contributed by atoms with Crippen LogP contribution >= 0.6 is 0 Å². The van der Waals surface area contributed by atoms with Gasteiger partial charge in [-0.25, -0.2) is 0 Å². The van der Waals surface area contributed by atoms with Crippen LogP contribution in [0.1, 0.15) is 104 Å². The highest BCUT2D eigenvalue weighted by Gasteiger charge is 2.30. The third-order valence-electron chi connectivity index (χ3n) is 7.54. The van der Waals surface area contributed by atoms with Crippen molar-refractivity contribution in [1.29, 1.82) is 0 Å². The van der Waals surface area contributed by atoms with Crippen LogP contribution < -0.4 is 0 Å². The van der Waals surface area contributed by atoms with E-state index in [4.69, 9.17) is 4.74 Å². The molecule has 3 rings (SSSR count). The van der Waals surface area contributed by atoms with Crippen LogP contribution in [0, 0.1) is 29.6 Å². The molecule has 0 spiro atoms. The van der Waals surface area contributed by atoms with E-state index < -0.39 is 0 Å². The second-order valence-corrected chi connectivity index (χ2v) is 9.74. The monoisotopic (exact) mass is 348 g/mol. The molecule has 3 fully saturated rings. The van der Waals surface area contributed by atoms with E-state index in [1.165, 1.54) is 64.2 Å². The minimum absolute atomic E-state index is 0.117. The molecule has 25 heavy (non-hydrogen) atoms. The highest BCUT2D eigenvalue weighted by atomic mass is 16.5. The summed E-state index contributed by atoms with van der Waals surface area (Å²) in [5, 5.41) is 0. The third kappa shape index (κ3) is 6.00. The van der Waals surface area contributed by atoms with Crippen LogP contribution in [-0.2, 0) is 9.53 Å². The van der Waals surface area contributed by atoms with Gasteiger partial charge in [-0.15, -0.1) is 0 Å². The van der Waals surface area contributed by atoms with E-state index in [2.05, 4.69) is 13.8 Å². The molecule has 3 aliphatic carbocycles. The average molecular weight is 349 g/mol. The number of carbonyl (C=O) groups excluding carboxylic acids is 1. The van der Waals surface area contributed by atoms with Gasteiger partial charge in [0.1, 0.15) is 6.10 Å². The first-order valence-corrected chi connectivity index (χ1v) is 11.3. The van der Waals surface area contributed by atoms with Crippen LogP contribution in [0.2, 0.25) is 0 Å². The van der Waals surface area contributed by atoms with E-state index in [1.54, 1.807) is 0 Å². The molecule has 2 nitrogen and oxygen atoms in total. The molecule has 0 heterocycles. The molecule has 0 aromatic carbocycles. The van der Waals surface area contributed by atoms with Gasteiger partial charge in [-0.1, -0.05) is 52.4 Å². The van der Waals surface area contributed by atoms with Crippen molar-refractivity contribution in [2.24, 2.45) is 29.6 Å². The van der Waals surface area contributed by atoms with Crippen LogP contribution in [-0.4, -0.2) is 12.1 Å². The van der Waals surface area contributed by atoms with Gasteiger partial charge in [-0.3, -0.25) is 4.79 Å². The minimum atomic E-state index is 0.117. The summed E-state index contributed by atoms with van der Waals surface area (Å²) in [4.78, 5) is 12.4. The second-order valence-electron chi connectivity index (χ2n) is 9.74. The predicted octanol–water partition coefficient (Wildman–Crippen LogP) is 6.52. The molecule has 0 amide bonds. The van der Waals surface area contributed by atoms with Crippen LogP contribution in [0.15, 0.2) is 0 Å². The van der Waals surface area contributed by atoms with E-state index in [1.807, 2.05) is 0 Å². The molecular weight excluding hydrogens is 308 g/mol. The van der Waals surface area contributed by atoms with E-state index in [0.29, 0.717) is 0 Å². The van der Waals surface area contributed by atoms with Crippen molar-refractivity contribution >= 4 is 5.97 Å². The standard InChI is InChI=1S/C23H40O2/c1-17-3-7-19(8-4-17)9-10-20-11-15-22(16-12-20)25-23(24)21-13-5-18(2)6-14-21/h17-22H,3-16H2,1-2H3. The highest BCUT2D eigenvalue weighted by Crippen LogP contribution is 2.36. The SMILES string of the molecule is CC1CCC(CCC2CCC(OC(=O)C3CCC(C)CC3)CC2)CC1. The Hall–Kier alpha value is -0.530. The fourth-order valence-electron chi connectivity index (χ4n) is 5.38. The van der Waals surface area contributed by atoms with Gasteiger partial charge in [0.2, 0.25) is 0 Å². The van der Waals surface area contributed by atoms with E-state index in [9.17, 15) is 4.79 Å². The number of carbonyl (C=O) groups is 1. The van der Waals surface area contributed by atoms with Crippen LogP contribution in [0.25, 0.3) is 0 Å². The van der Waals surface area contributed by atoms with Crippen molar-refractivity contribution in [2.45, 2.75) is 110 Å². The predicted molar refractivity (Wildman–Crippen MR) is 103 cm³/mol. The summed E-state index contributed by atoms with van der Waals surface area (Å²) in [7, 11) is 0. The van der Waals surface area contributed by atoms with Crippen LogP contribution in [0.3, 0.4) is 0 Å². The summed E-state index contributed by atoms with van der Waals surface area (Å²) in [5.74, 6) is 3.97. The van der Waals surface area contributed by atoms with E-state index in [0.717, 1.165) is 49.4 Å². The molecule has 0 radical (unpaired) electrons. The molecule has 0 atom stereocenters. The maximum atomic E-state index is 12.4. The largest absolute Gasteiger partial charge is 0.462 e. The second kappa shape index (κ2) is 9.42. The van der Waals surface area contributed by atoms with Gasteiger partial charge in [0.25, 0.3) is 0 Å². The molecule has 0 bridgehead atoms. The third-order valence-corrected chi connectivity index (χ3v) is 7.54. The Morgan fingerprint density at radius 1 is 0.680 bits per heavy atom. The highest BCUT2D eigenvalue weighted by molar-refractivity contribution is 5.72. The Morgan fingerprint density at radius 3 is 1.64 bits per heavy atom. The van der Waals surface area contributed by atoms with Crippen molar-refractivity contribution in [3.05, 3.63) is 0 Å². The van der Waals surface area contributed by atoms with Crippen molar-refractivity contribution in [3.63, 3.8) is 0 Å². The lowest BCUT2D eigenvalue weighted by atomic mass is 9.77. The van der Waals surface area contributed by atoms with Crippen LogP contribution in [0.4, 0.5) is 0 Å². The first kappa shape index (κ1) is 19.2. The molecule has 0 aromatic rings. The zero-order valence-electron chi connectivity index (χ0n) is 16.7. The van der Waals surface area contributed by atoms with Crippen LogP contribution in [0.5, 0.6) is 0 Å². The van der Waals surface area contributed by atoms with Gasteiger partial charge < -0.3 is 4.74 Å². The smallest absolute Gasteiger partial charge is 0.309 e. The number of rotatable bonds is 5. The molecule has 3 aliphatic rings. The van der Waals surface area contributed by atoms with Gasteiger partial charge in [0.15, 0.2) is 0 Å². The topological polar surface area (TPSA) is 26.3 Å². The Kier molecular flexibility index (Phi) is 7.25. The Balaban J connectivity index is 1.30. The number of ether oxygens (including phenoxy) is 1. The van der Waals surface area contributed by atoms with Gasteiger partial charge in [0, 0.05) is 0 Å². The minimum Gasteiger partial charge on any atom is -0.462 e. The van der Waals surface area contributed by atoms with Gasteiger partial charge in [-0.05, 0) is 75.0 Å². The summed E-state index contributed by atoms with van der Waals surface area (Å²) < 4.78 is 5.88. The van der Waals surface area contributed by atoms with Gasteiger partial charge >= 0.3 is 5.97 Å². The summed E-state index contributed by atoms with van der Waals surface area (Å²) in [5.41, 5.74) is 0. The number of hydrogen-bond donors (Lipinski definition) is 0. The fraction of sp³-hybridized carbons (Fsp3) is 0.957. The molecule has 144 valence electrons. The Bertz CT molecular complexity index is 394. The molecule has 0 N–H and O–H groups in total. The zero-order chi connectivity index (χ0) is 17.6. The van der Waals surface area contributed by atoms with E-state index >= 15 is 0 Å². The normalized spacial score (nSPS) is 39.8. The molecule has 0 unspecified atom stereocenters. The van der Waals surface area contributed by atoms with Gasteiger partial charge in [0.05, 0.1) is 5.92 Å². The fourth-order valence-corrected chi connectivity index (χ4v) is 5.38. The van der Waals surface area contributed by atoms with Crippen molar-refractivity contribution in [1.82, 2.24) is 0 Å². The molecule has 3 saturated carbocycles. The molecular formula is C23H40O2. The lowest BCUT2D eigenvalue weighted by Gasteiger charge is -2.32. The summed E-state index contributed by atoms with van der Waals surface area (Å²) in [6.45, 7) is 4.71. The van der Waals surface area contributed by atoms with Crippen molar-refractivity contribution in [2.75, 3.05) is 0 Å². The first-order valence-electron chi connectivity index (χ1n) is 11.3. The van der Waals surface area contributed by atoms with Gasteiger partial charge in [-0.2, -0.15) is 0 Å². The lowest BCUT2D eigenvalue weighted by molar-refractivity contribution is -0.157. The number of esters is 1. The zero-order valence-corrected chi connectivity index (χ0v) is 16.7. The van der Waals surface area contributed by atoms with Crippen molar-refractivity contribution < 1.29 is 9.53 Å². The average Bonchev–Trinajstić information content (AvgIpc) is 2.63. The Labute approximate surface area is 155 Å². The number of hydrogen-bond acceptors (Lipinski definition) is 2. The Morgan fingerprint density at radius 2 is 1.12 bits per heavy atom. The molecule has 0 aromatic heterocycles. The lowest BCUT2D eigenvalue weighted by Crippen LogP contribution is -2.30. The van der Waals surface area contributed by atoms with Crippen molar-refractivity contribution in [3.8, 4) is 0 Å².